The van der Waals surface area contributed by atoms with Crippen molar-refractivity contribution >= 4 is 67.9 Å². The first kappa shape index (κ1) is 23.0. The number of rotatable bonds is 2. The molecular formula is C20H14Br2N4O6. The Morgan fingerprint density at radius 2 is 1.00 bits per heavy atom. The van der Waals surface area contributed by atoms with E-state index in [2.05, 4.69) is 53.1 Å². The third kappa shape index (κ3) is 5.74. The highest BCUT2D eigenvalue weighted by Gasteiger charge is 2.23. The number of phenolic OH excluding ortho intramolecular Hbond substituents is 2. The van der Waals surface area contributed by atoms with Crippen LogP contribution >= 0.6 is 31.9 Å². The number of carbonyl (C=O) groups excluding carboxylic acids is 4. The van der Waals surface area contributed by atoms with Crippen molar-refractivity contribution in [2.24, 2.45) is 0 Å². The predicted molar refractivity (Wildman–Crippen MR) is 121 cm³/mol. The number of carbonyl (C=O) groups is 4. The van der Waals surface area contributed by atoms with Crippen LogP contribution in [0.4, 0.5) is 9.59 Å². The van der Waals surface area contributed by atoms with E-state index in [4.69, 9.17) is 0 Å². The minimum absolute atomic E-state index is 0.113. The fraction of sp³-hybridized carbons (Fsp3) is 0. The Morgan fingerprint density at radius 1 is 0.625 bits per heavy atom. The van der Waals surface area contributed by atoms with Crippen LogP contribution in [0.25, 0.3) is 12.2 Å². The van der Waals surface area contributed by atoms with Crippen LogP contribution in [-0.4, -0.2) is 34.1 Å². The van der Waals surface area contributed by atoms with E-state index < -0.39 is 23.9 Å². The Kier molecular flexibility index (Phi) is 6.95. The number of benzene rings is 2. The molecule has 2 aliphatic rings. The number of amides is 6. The van der Waals surface area contributed by atoms with Crippen molar-refractivity contribution in [1.29, 1.82) is 0 Å². The molecule has 6 amide bonds. The van der Waals surface area contributed by atoms with E-state index in [0.717, 1.165) is 0 Å². The average Bonchev–Trinajstić information content (AvgIpc) is 3.21. The summed E-state index contributed by atoms with van der Waals surface area (Å²) in [6.45, 7) is 0. The lowest BCUT2D eigenvalue weighted by molar-refractivity contribution is -0.116. The van der Waals surface area contributed by atoms with Gasteiger partial charge in [-0.1, -0.05) is 12.1 Å². The smallest absolute Gasteiger partial charge is 0.326 e. The first-order valence-corrected chi connectivity index (χ1v) is 10.4. The number of phenols is 2. The van der Waals surface area contributed by atoms with E-state index in [9.17, 15) is 29.4 Å². The maximum absolute atomic E-state index is 11.2. The molecule has 2 heterocycles. The highest BCUT2D eigenvalue weighted by molar-refractivity contribution is 9.10. The van der Waals surface area contributed by atoms with Crippen molar-refractivity contribution in [3.8, 4) is 11.5 Å². The lowest BCUT2D eigenvalue weighted by Crippen LogP contribution is -2.22. The number of nitrogens with one attached hydrogen (secondary N) is 4. The molecule has 2 aromatic carbocycles. The molecule has 2 aromatic rings. The van der Waals surface area contributed by atoms with Gasteiger partial charge in [0.05, 0.1) is 8.95 Å². The van der Waals surface area contributed by atoms with Gasteiger partial charge in [-0.3, -0.25) is 20.2 Å². The molecule has 0 unspecified atom stereocenters. The molecule has 0 bridgehead atoms. The van der Waals surface area contributed by atoms with Crippen LogP contribution in [0.5, 0.6) is 11.5 Å². The van der Waals surface area contributed by atoms with Crippen LogP contribution in [0.15, 0.2) is 56.7 Å². The number of aromatic hydroxyl groups is 2. The van der Waals surface area contributed by atoms with E-state index in [1.807, 2.05) is 0 Å². The van der Waals surface area contributed by atoms with Crippen LogP contribution < -0.4 is 21.3 Å². The minimum atomic E-state index is -0.533. The van der Waals surface area contributed by atoms with Gasteiger partial charge in [0.2, 0.25) is 0 Å². The average molecular weight is 566 g/mol. The summed E-state index contributed by atoms with van der Waals surface area (Å²) >= 11 is 6.31. The van der Waals surface area contributed by atoms with Crippen LogP contribution in [0.3, 0.4) is 0 Å². The van der Waals surface area contributed by atoms with Crippen LogP contribution in [-0.2, 0) is 9.59 Å². The second-order valence-electron chi connectivity index (χ2n) is 6.35. The second-order valence-corrected chi connectivity index (χ2v) is 8.06. The zero-order chi connectivity index (χ0) is 23.4. The van der Waals surface area contributed by atoms with Gasteiger partial charge >= 0.3 is 12.1 Å². The molecule has 0 saturated carbocycles. The van der Waals surface area contributed by atoms with Gasteiger partial charge in [-0.2, -0.15) is 0 Å². The first-order valence-electron chi connectivity index (χ1n) is 8.77. The fourth-order valence-electron chi connectivity index (χ4n) is 2.52. The molecule has 32 heavy (non-hydrogen) atoms. The molecule has 6 N–H and O–H groups in total. The SMILES string of the molecule is O=C1NC(=O)/C(=C/c2ccc(O)c(Br)c2)N1.O=C1NC(=O)/C(=C/c2ccc(O)c(Br)c2)N1. The lowest BCUT2D eigenvalue weighted by atomic mass is 10.2. The van der Waals surface area contributed by atoms with E-state index in [1.165, 1.54) is 24.3 Å². The monoisotopic (exact) mass is 564 g/mol. The molecule has 0 radical (unpaired) electrons. The third-order valence-electron chi connectivity index (χ3n) is 4.01. The summed E-state index contributed by atoms with van der Waals surface area (Å²) in [5.74, 6) is -0.701. The zero-order valence-electron chi connectivity index (χ0n) is 15.9. The normalized spacial score (nSPS) is 17.4. The molecule has 2 aliphatic heterocycles. The van der Waals surface area contributed by atoms with E-state index >= 15 is 0 Å². The summed E-state index contributed by atoms with van der Waals surface area (Å²) in [5.41, 5.74) is 1.75. The van der Waals surface area contributed by atoms with Gasteiger partial charge in [0.25, 0.3) is 11.8 Å². The maximum Gasteiger partial charge on any atom is 0.326 e. The maximum atomic E-state index is 11.2. The number of urea groups is 2. The topological polar surface area (TPSA) is 157 Å². The Hall–Kier alpha value is -3.64. The predicted octanol–water partition coefficient (Wildman–Crippen LogP) is 2.67. The quantitative estimate of drug-likeness (QED) is 0.243. The zero-order valence-corrected chi connectivity index (χ0v) is 19.1. The van der Waals surface area contributed by atoms with E-state index in [-0.39, 0.29) is 22.9 Å². The van der Waals surface area contributed by atoms with Gasteiger partial charge < -0.3 is 20.8 Å². The molecule has 10 nitrogen and oxygen atoms in total. The summed E-state index contributed by atoms with van der Waals surface area (Å²) in [6.07, 6.45) is 3.04. The van der Waals surface area contributed by atoms with E-state index in [1.54, 1.807) is 24.3 Å². The largest absolute Gasteiger partial charge is 0.507 e. The molecule has 0 aromatic heterocycles. The first-order chi connectivity index (χ1) is 15.1. The third-order valence-corrected chi connectivity index (χ3v) is 5.28. The molecule has 164 valence electrons. The number of hydrogen-bond acceptors (Lipinski definition) is 6. The lowest BCUT2D eigenvalue weighted by Gasteiger charge is -1.99. The van der Waals surface area contributed by atoms with Crippen LogP contribution in [0.1, 0.15) is 11.1 Å². The molecule has 0 spiro atoms. The Labute approximate surface area is 197 Å². The number of imide groups is 2. The molecule has 0 atom stereocenters. The van der Waals surface area contributed by atoms with Crippen molar-refractivity contribution < 1.29 is 29.4 Å². The highest BCUT2D eigenvalue weighted by atomic mass is 79.9. The van der Waals surface area contributed by atoms with Crippen molar-refractivity contribution in [2.45, 2.75) is 0 Å². The van der Waals surface area contributed by atoms with Crippen LogP contribution in [0, 0.1) is 0 Å². The van der Waals surface area contributed by atoms with E-state index in [0.29, 0.717) is 20.1 Å². The van der Waals surface area contributed by atoms with Gasteiger partial charge in [0.15, 0.2) is 0 Å². The molecule has 4 rings (SSSR count). The van der Waals surface area contributed by atoms with Gasteiger partial charge in [0, 0.05) is 0 Å². The van der Waals surface area contributed by atoms with Gasteiger partial charge in [-0.05, 0) is 79.4 Å². The van der Waals surface area contributed by atoms with Crippen molar-refractivity contribution in [1.82, 2.24) is 21.3 Å². The number of halogens is 2. The Balaban J connectivity index is 0.000000181. The second kappa shape index (κ2) is 9.66. The summed E-state index contributed by atoms with van der Waals surface area (Å²) in [7, 11) is 0. The Bertz CT molecular complexity index is 1120. The minimum Gasteiger partial charge on any atom is -0.507 e. The van der Waals surface area contributed by atoms with Crippen molar-refractivity contribution in [3.05, 3.63) is 67.9 Å². The van der Waals surface area contributed by atoms with Gasteiger partial charge in [-0.15, -0.1) is 0 Å². The highest BCUT2D eigenvalue weighted by Crippen LogP contribution is 2.26. The van der Waals surface area contributed by atoms with Crippen molar-refractivity contribution in [2.75, 3.05) is 0 Å². The standard InChI is InChI=1S/2C10H7BrN2O3/c2*11-6-3-5(1-2-8(6)14)4-7-9(15)13-10(16)12-7/h2*1-4,14H,(H2,12,13,15,16)/b2*7-4-. The molecule has 12 heteroatoms. The summed E-state index contributed by atoms with van der Waals surface area (Å²) in [4.78, 5) is 44.1. The molecule has 0 aliphatic carbocycles. The Morgan fingerprint density at radius 3 is 1.28 bits per heavy atom. The van der Waals surface area contributed by atoms with Crippen molar-refractivity contribution in [3.63, 3.8) is 0 Å². The fourth-order valence-corrected chi connectivity index (χ4v) is 3.32. The molecular weight excluding hydrogens is 552 g/mol. The summed E-state index contributed by atoms with van der Waals surface area (Å²) < 4.78 is 1.04. The summed E-state index contributed by atoms with van der Waals surface area (Å²) in [6, 6.07) is 8.45. The van der Waals surface area contributed by atoms with Gasteiger partial charge in [-0.25, -0.2) is 9.59 Å². The van der Waals surface area contributed by atoms with Crippen LogP contribution in [0.2, 0.25) is 0 Å². The summed E-state index contributed by atoms with van der Waals surface area (Å²) in [5, 5.41) is 27.5. The molecule has 2 saturated heterocycles. The number of hydrogen-bond donors (Lipinski definition) is 6. The van der Waals surface area contributed by atoms with Gasteiger partial charge in [0.1, 0.15) is 22.9 Å². The molecule has 2 fully saturated rings.